The van der Waals surface area contributed by atoms with Crippen LogP contribution in [0, 0.1) is 0 Å². The number of amides is 2. The van der Waals surface area contributed by atoms with Crippen LogP contribution in [-0.2, 0) is 11.3 Å². The maximum Gasteiger partial charge on any atom is 0.317 e. The lowest BCUT2D eigenvalue weighted by molar-refractivity contribution is -0.118. The molecule has 3 aliphatic rings. The summed E-state index contributed by atoms with van der Waals surface area (Å²) in [6.07, 6.45) is 10.6. The number of nitrogens with one attached hydrogen (secondary N) is 1. The van der Waals surface area contributed by atoms with Crippen molar-refractivity contribution in [3.63, 3.8) is 0 Å². The van der Waals surface area contributed by atoms with Gasteiger partial charge in [0.05, 0.1) is 11.7 Å². The topological polar surface area (TPSA) is 57.7 Å². The van der Waals surface area contributed by atoms with Crippen LogP contribution in [0.1, 0.15) is 44.1 Å². The van der Waals surface area contributed by atoms with Gasteiger partial charge < -0.3 is 15.0 Å². The molecule has 0 saturated carbocycles. The van der Waals surface area contributed by atoms with Gasteiger partial charge >= 0.3 is 6.03 Å². The zero-order valence-electron chi connectivity index (χ0n) is 15.5. The van der Waals surface area contributed by atoms with Crippen molar-refractivity contribution in [2.45, 2.75) is 56.8 Å². The van der Waals surface area contributed by atoms with Crippen molar-refractivity contribution in [3.8, 4) is 0 Å². The standard InChI is InChI=1S/C20H30N4O2/c25-19(24-11-1-2-12-24)22-14-18-4-3-7-20(26-18)8-13-23(16-20)15-17-5-9-21-10-6-17/h5-6,9-10,18H,1-4,7-8,11-16H2,(H,22,25)/t18-,20-/m1/s1. The molecule has 0 bridgehead atoms. The van der Waals surface area contributed by atoms with E-state index in [1.165, 1.54) is 12.0 Å². The Hall–Kier alpha value is -1.66. The number of hydrogen-bond donors (Lipinski definition) is 1. The average molecular weight is 358 g/mol. The number of hydrogen-bond acceptors (Lipinski definition) is 4. The molecule has 26 heavy (non-hydrogen) atoms. The van der Waals surface area contributed by atoms with Crippen LogP contribution in [0.4, 0.5) is 4.79 Å². The molecule has 4 rings (SSSR count). The van der Waals surface area contributed by atoms with Crippen molar-refractivity contribution < 1.29 is 9.53 Å². The number of likely N-dealkylation sites (tertiary alicyclic amines) is 2. The number of urea groups is 1. The van der Waals surface area contributed by atoms with Crippen LogP contribution < -0.4 is 5.32 Å². The van der Waals surface area contributed by atoms with Crippen molar-refractivity contribution in [3.05, 3.63) is 30.1 Å². The van der Waals surface area contributed by atoms with Gasteiger partial charge in [-0.25, -0.2) is 4.79 Å². The molecular weight excluding hydrogens is 328 g/mol. The van der Waals surface area contributed by atoms with Crippen molar-refractivity contribution in [2.24, 2.45) is 0 Å². The van der Waals surface area contributed by atoms with Crippen LogP contribution in [0.3, 0.4) is 0 Å². The quantitative estimate of drug-likeness (QED) is 0.898. The number of carbonyl (C=O) groups is 1. The van der Waals surface area contributed by atoms with E-state index in [9.17, 15) is 4.79 Å². The molecule has 0 radical (unpaired) electrons. The van der Waals surface area contributed by atoms with Gasteiger partial charge in [0, 0.05) is 51.7 Å². The molecule has 2 atom stereocenters. The van der Waals surface area contributed by atoms with E-state index in [1.54, 1.807) is 0 Å². The lowest BCUT2D eigenvalue weighted by Gasteiger charge is -2.39. The second kappa shape index (κ2) is 7.92. The Labute approximate surface area is 155 Å². The van der Waals surface area contributed by atoms with Crippen molar-refractivity contribution in [2.75, 3.05) is 32.7 Å². The van der Waals surface area contributed by atoms with Crippen LogP contribution >= 0.6 is 0 Å². The maximum absolute atomic E-state index is 12.2. The number of aromatic nitrogens is 1. The van der Waals surface area contributed by atoms with Gasteiger partial charge in [-0.2, -0.15) is 0 Å². The summed E-state index contributed by atoms with van der Waals surface area (Å²) in [5.41, 5.74) is 1.29. The molecule has 1 aromatic rings. The van der Waals surface area contributed by atoms with Gasteiger partial charge in [-0.15, -0.1) is 0 Å². The molecule has 6 heteroatoms. The zero-order chi connectivity index (χ0) is 17.8. The van der Waals surface area contributed by atoms with Crippen molar-refractivity contribution >= 4 is 6.03 Å². The summed E-state index contributed by atoms with van der Waals surface area (Å²) >= 11 is 0. The minimum absolute atomic E-state index is 0.0195. The van der Waals surface area contributed by atoms with E-state index in [0.29, 0.717) is 6.54 Å². The molecule has 142 valence electrons. The Morgan fingerprint density at radius 2 is 2.00 bits per heavy atom. The van der Waals surface area contributed by atoms with Gasteiger partial charge in [0.2, 0.25) is 0 Å². The molecule has 3 aliphatic heterocycles. The molecule has 2 amide bonds. The monoisotopic (exact) mass is 358 g/mol. The highest BCUT2D eigenvalue weighted by Crippen LogP contribution is 2.37. The zero-order valence-corrected chi connectivity index (χ0v) is 15.5. The third kappa shape index (κ3) is 4.18. The van der Waals surface area contributed by atoms with Crippen molar-refractivity contribution in [1.82, 2.24) is 20.1 Å². The highest BCUT2D eigenvalue weighted by molar-refractivity contribution is 5.74. The number of pyridine rings is 1. The predicted molar refractivity (Wildman–Crippen MR) is 99.8 cm³/mol. The third-order valence-corrected chi connectivity index (χ3v) is 6.00. The fourth-order valence-corrected chi connectivity index (χ4v) is 4.61. The van der Waals surface area contributed by atoms with Crippen molar-refractivity contribution in [1.29, 1.82) is 0 Å². The first kappa shape index (κ1) is 17.7. The lowest BCUT2D eigenvalue weighted by atomic mass is 9.90. The Morgan fingerprint density at radius 3 is 2.81 bits per heavy atom. The Kier molecular flexibility index (Phi) is 5.41. The van der Waals surface area contributed by atoms with E-state index in [1.807, 2.05) is 17.3 Å². The second-order valence-electron chi connectivity index (χ2n) is 8.01. The predicted octanol–water partition coefficient (Wildman–Crippen LogP) is 2.40. The summed E-state index contributed by atoms with van der Waals surface area (Å²) < 4.78 is 6.53. The number of ether oxygens (including phenoxy) is 1. The Morgan fingerprint density at radius 1 is 1.19 bits per heavy atom. The van der Waals surface area contributed by atoms with Gasteiger partial charge in [-0.05, 0) is 56.2 Å². The number of carbonyl (C=O) groups excluding carboxylic acids is 1. The molecule has 3 saturated heterocycles. The van der Waals surface area contributed by atoms with E-state index in [2.05, 4.69) is 27.3 Å². The minimum atomic E-state index is -0.0195. The fourth-order valence-electron chi connectivity index (χ4n) is 4.61. The normalized spacial score (nSPS) is 29.4. The highest BCUT2D eigenvalue weighted by Gasteiger charge is 2.42. The number of rotatable bonds is 4. The average Bonchev–Trinajstić information content (AvgIpc) is 3.32. The van der Waals surface area contributed by atoms with Gasteiger partial charge in [-0.1, -0.05) is 0 Å². The van der Waals surface area contributed by atoms with E-state index in [-0.39, 0.29) is 17.7 Å². The van der Waals surface area contributed by atoms with Gasteiger partial charge in [0.1, 0.15) is 0 Å². The largest absolute Gasteiger partial charge is 0.369 e. The maximum atomic E-state index is 12.2. The first-order valence-corrected chi connectivity index (χ1v) is 10.0. The Balaban J connectivity index is 1.27. The van der Waals surface area contributed by atoms with E-state index in [0.717, 1.165) is 64.8 Å². The van der Waals surface area contributed by atoms with Crippen LogP contribution in [0.5, 0.6) is 0 Å². The van der Waals surface area contributed by atoms with E-state index in [4.69, 9.17) is 4.74 Å². The molecule has 0 aromatic carbocycles. The van der Waals surface area contributed by atoms with E-state index < -0.39 is 0 Å². The minimum Gasteiger partial charge on any atom is -0.369 e. The summed E-state index contributed by atoms with van der Waals surface area (Å²) in [6.45, 7) is 5.46. The summed E-state index contributed by atoms with van der Waals surface area (Å²) in [5, 5.41) is 3.09. The van der Waals surface area contributed by atoms with E-state index >= 15 is 0 Å². The van der Waals surface area contributed by atoms with Crippen LogP contribution in [0.2, 0.25) is 0 Å². The summed E-state index contributed by atoms with van der Waals surface area (Å²) in [6, 6.07) is 4.25. The SMILES string of the molecule is O=C(NC[C@H]1CCC[C@]2(CCN(Cc3ccncc3)C2)O1)N1CCCC1. The summed E-state index contributed by atoms with van der Waals surface area (Å²) in [4.78, 5) is 20.7. The van der Waals surface area contributed by atoms with Crippen LogP contribution in [0.15, 0.2) is 24.5 Å². The van der Waals surface area contributed by atoms with Crippen LogP contribution in [-0.4, -0.2) is 65.2 Å². The molecule has 1 N–H and O–H groups in total. The van der Waals surface area contributed by atoms with Gasteiger partial charge in [0.25, 0.3) is 0 Å². The summed E-state index contributed by atoms with van der Waals surface area (Å²) in [7, 11) is 0. The molecule has 6 nitrogen and oxygen atoms in total. The molecular formula is C20H30N4O2. The fraction of sp³-hybridized carbons (Fsp3) is 0.700. The molecule has 1 aromatic heterocycles. The van der Waals surface area contributed by atoms with Gasteiger partial charge in [0.15, 0.2) is 0 Å². The lowest BCUT2D eigenvalue weighted by Crippen LogP contribution is -2.48. The first-order chi connectivity index (χ1) is 12.7. The second-order valence-corrected chi connectivity index (χ2v) is 8.01. The Bertz CT molecular complexity index is 605. The highest BCUT2D eigenvalue weighted by atomic mass is 16.5. The first-order valence-electron chi connectivity index (χ1n) is 10.0. The van der Waals surface area contributed by atoms with Crippen LogP contribution in [0.25, 0.3) is 0 Å². The molecule has 3 fully saturated rings. The molecule has 4 heterocycles. The molecule has 1 spiro atoms. The molecule has 0 aliphatic carbocycles. The van der Waals surface area contributed by atoms with Gasteiger partial charge in [-0.3, -0.25) is 9.88 Å². The smallest absolute Gasteiger partial charge is 0.317 e. The molecule has 0 unspecified atom stereocenters. The number of nitrogens with zero attached hydrogens (tertiary/aromatic N) is 3. The third-order valence-electron chi connectivity index (χ3n) is 6.00. The summed E-state index contributed by atoms with van der Waals surface area (Å²) in [5.74, 6) is 0.